The second-order valence-electron chi connectivity index (χ2n) is 10.7. The molecule has 0 amide bonds. The molecule has 3 atom stereocenters. The standard InChI is InChI=1S/C34H39N2O8PS/c1-5-42-45(39,43-6-2)46-30-21-31(36-22-24(3)32(37)35-33(36)38)44-29(30)23-41-34(25-13-9-7-10-14-25,26-15-11-8-12-16-26)27-17-19-28(40-4)20-18-27/h7-20,22,29-31H,5-6,21,23H2,1-4H3,(H,35,37,38)/t29-,30+,31-/m1/s1. The molecule has 0 bridgehead atoms. The van der Waals surface area contributed by atoms with E-state index < -0.39 is 41.2 Å². The fourth-order valence-corrected chi connectivity index (χ4v) is 9.99. The SMILES string of the molecule is CCOP(=O)(OCC)S[C@H]1C[C@H](n2cc(C)c(=O)[nH]c2=O)O[C@@H]1COC(c1ccccc1)(c1ccccc1)c1ccc(OC)cc1. The molecule has 46 heavy (non-hydrogen) atoms. The summed E-state index contributed by atoms with van der Waals surface area (Å²) in [6.45, 7) is 2.01. The highest BCUT2D eigenvalue weighted by Crippen LogP contribution is 2.64. The molecule has 0 spiro atoms. The lowest BCUT2D eigenvalue weighted by Gasteiger charge is -2.37. The molecule has 10 nitrogen and oxygen atoms in total. The van der Waals surface area contributed by atoms with Crippen LogP contribution in [0.1, 0.15) is 48.8 Å². The number of rotatable bonds is 14. The van der Waals surface area contributed by atoms with E-state index in [0.717, 1.165) is 28.1 Å². The number of aromatic nitrogens is 2. The van der Waals surface area contributed by atoms with Crippen LogP contribution in [0.2, 0.25) is 0 Å². The predicted octanol–water partition coefficient (Wildman–Crippen LogP) is 6.43. The second-order valence-corrected chi connectivity index (χ2v) is 14.9. The number of benzene rings is 3. The molecule has 1 aliphatic rings. The van der Waals surface area contributed by atoms with Gasteiger partial charge in [0.15, 0.2) is 0 Å². The summed E-state index contributed by atoms with van der Waals surface area (Å²) in [7, 11) is 1.62. The number of aryl methyl sites for hydroxylation is 1. The van der Waals surface area contributed by atoms with Crippen molar-refractivity contribution in [1.82, 2.24) is 9.55 Å². The maximum Gasteiger partial charge on any atom is 0.389 e. The maximum absolute atomic E-state index is 13.7. The second kappa shape index (κ2) is 15.0. The van der Waals surface area contributed by atoms with E-state index in [4.69, 9.17) is 23.3 Å². The van der Waals surface area contributed by atoms with Crippen LogP contribution in [0.5, 0.6) is 5.75 Å². The molecular formula is C34H39N2O8PS. The lowest BCUT2D eigenvalue weighted by Crippen LogP contribution is -2.37. The predicted molar refractivity (Wildman–Crippen MR) is 179 cm³/mol. The van der Waals surface area contributed by atoms with Crippen LogP contribution in [-0.4, -0.2) is 47.8 Å². The molecule has 1 fully saturated rings. The zero-order valence-corrected chi connectivity index (χ0v) is 28.0. The number of ether oxygens (including phenoxy) is 3. The topological polar surface area (TPSA) is 118 Å². The Bertz CT molecular complexity index is 1700. The Balaban J connectivity index is 1.58. The van der Waals surface area contributed by atoms with Crippen molar-refractivity contribution in [1.29, 1.82) is 0 Å². The normalized spacial score (nSPS) is 18.5. The fraction of sp³-hybridized carbons (Fsp3) is 0.353. The summed E-state index contributed by atoms with van der Waals surface area (Å²) in [5.41, 5.74) is 0.903. The minimum atomic E-state index is -3.58. The summed E-state index contributed by atoms with van der Waals surface area (Å²) < 4.78 is 45.4. The van der Waals surface area contributed by atoms with Crippen molar-refractivity contribution in [2.45, 2.75) is 50.4 Å². The Morgan fingerprint density at radius 2 is 1.48 bits per heavy atom. The zero-order valence-electron chi connectivity index (χ0n) is 26.3. The summed E-state index contributed by atoms with van der Waals surface area (Å²) >= 11 is 1.07. The van der Waals surface area contributed by atoms with E-state index in [1.54, 1.807) is 27.9 Å². The molecule has 1 aliphatic heterocycles. The van der Waals surface area contributed by atoms with E-state index in [1.165, 1.54) is 10.8 Å². The first-order chi connectivity index (χ1) is 22.2. The van der Waals surface area contributed by atoms with E-state index in [1.807, 2.05) is 84.9 Å². The average molecular weight is 667 g/mol. The highest BCUT2D eigenvalue weighted by Gasteiger charge is 2.45. The van der Waals surface area contributed by atoms with Crippen molar-refractivity contribution < 1.29 is 27.8 Å². The monoisotopic (exact) mass is 666 g/mol. The Kier molecular flexibility index (Phi) is 11.0. The Morgan fingerprint density at radius 1 is 0.913 bits per heavy atom. The summed E-state index contributed by atoms with van der Waals surface area (Å²) in [5, 5.41) is -0.451. The van der Waals surface area contributed by atoms with Crippen LogP contribution in [0.25, 0.3) is 0 Å². The van der Waals surface area contributed by atoms with E-state index in [-0.39, 0.29) is 19.8 Å². The largest absolute Gasteiger partial charge is 0.497 e. The molecule has 1 aromatic heterocycles. The van der Waals surface area contributed by atoms with Crippen molar-refractivity contribution >= 4 is 18.2 Å². The van der Waals surface area contributed by atoms with Gasteiger partial charge in [-0.1, -0.05) is 72.8 Å². The zero-order chi connectivity index (χ0) is 32.7. The van der Waals surface area contributed by atoms with Crippen molar-refractivity contribution in [3.8, 4) is 5.75 Å². The lowest BCUT2D eigenvalue weighted by molar-refractivity contribution is -0.0765. The number of nitrogens with one attached hydrogen (secondary N) is 1. The third-order valence-corrected chi connectivity index (χ3v) is 12.2. The number of methoxy groups -OCH3 is 1. The molecular weight excluding hydrogens is 627 g/mol. The van der Waals surface area contributed by atoms with Crippen molar-refractivity contribution in [2.75, 3.05) is 26.9 Å². The van der Waals surface area contributed by atoms with Crippen LogP contribution in [0.3, 0.4) is 0 Å². The van der Waals surface area contributed by atoms with E-state index >= 15 is 0 Å². The van der Waals surface area contributed by atoms with Crippen LogP contribution in [0.4, 0.5) is 0 Å². The van der Waals surface area contributed by atoms with Gasteiger partial charge < -0.3 is 23.3 Å². The van der Waals surface area contributed by atoms with Gasteiger partial charge in [0, 0.05) is 23.4 Å². The van der Waals surface area contributed by atoms with Gasteiger partial charge in [-0.2, -0.15) is 0 Å². The number of nitrogens with zero attached hydrogens (tertiary/aromatic N) is 1. The van der Waals surface area contributed by atoms with Gasteiger partial charge in [0.25, 0.3) is 5.56 Å². The molecule has 0 saturated carbocycles. The molecule has 3 aromatic carbocycles. The molecule has 0 radical (unpaired) electrons. The minimum absolute atomic E-state index is 0.0549. The first-order valence-corrected chi connectivity index (χ1v) is 18.2. The molecule has 5 rings (SSSR count). The van der Waals surface area contributed by atoms with Gasteiger partial charge in [-0.05, 0) is 61.0 Å². The molecule has 0 aliphatic carbocycles. The molecule has 1 saturated heterocycles. The summed E-state index contributed by atoms with van der Waals surface area (Å²) in [6.07, 6.45) is 0.375. The summed E-state index contributed by atoms with van der Waals surface area (Å²) in [6, 6.07) is 27.6. The minimum Gasteiger partial charge on any atom is -0.497 e. The van der Waals surface area contributed by atoms with Crippen LogP contribution in [0, 0.1) is 6.92 Å². The maximum atomic E-state index is 13.7. The highest BCUT2D eigenvalue weighted by atomic mass is 32.7. The van der Waals surface area contributed by atoms with Gasteiger partial charge in [0.05, 0.1) is 33.0 Å². The summed E-state index contributed by atoms with van der Waals surface area (Å²) in [4.78, 5) is 27.3. The van der Waals surface area contributed by atoms with E-state index in [0.29, 0.717) is 17.7 Å². The Morgan fingerprint density at radius 3 is 2.02 bits per heavy atom. The van der Waals surface area contributed by atoms with E-state index in [9.17, 15) is 14.2 Å². The Labute approximate surface area is 272 Å². The van der Waals surface area contributed by atoms with Crippen LogP contribution in [-0.2, 0) is 28.7 Å². The quantitative estimate of drug-likeness (QED) is 0.120. The van der Waals surface area contributed by atoms with Gasteiger partial charge in [0.1, 0.15) is 17.6 Å². The third kappa shape index (κ3) is 7.25. The van der Waals surface area contributed by atoms with Gasteiger partial charge >= 0.3 is 12.5 Å². The lowest BCUT2D eigenvalue weighted by atomic mass is 9.80. The third-order valence-electron chi connectivity index (χ3n) is 7.80. The first kappa shape index (κ1) is 33.9. The molecule has 244 valence electrons. The van der Waals surface area contributed by atoms with Gasteiger partial charge in [-0.15, -0.1) is 0 Å². The van der Waals surface area contributed by atoms with Gasteiger partial charge in [-0.3, -0.25) is 14.3 Å². The number of aromatic amines is 1. The van der Waals surface area contributed by atoms with Gasteiger partial charge in [0.2, 0.25) is 0 Å². The van der Waals surface area contributed by atoms with Gasteiger partial charge in [-0.25, -0.2) is 9.36 Å². The molecule has 12 heteroatoms. The number of hydrogen-bond donors (Lipinski definition) is 1. The fourth-order valence-electron chi connectivity index (χ4n) is 5.64. The average Bonchev–Trinajstić information content (AvgIpc) is 3.46. The molecule has 4 aromatic rings. The van der Waals surface area contributed by atoms with Crippen LogP contribution < -0.4 is 16.0 Å². The van der Waals surface area contributed by atoms with Crippen molar-refractivity contribution in [3.05, 3.63) is 134 Å². The molecule has 0 unspecified atom stereocenters. The number of hydrogen-bond acceptors (Lipinski definition) is 9. The van der Waals surface area contributed by atoms with E-state index in [2.05, 4.69) is 4.98 Å². The smallest absolute Gasteiger partial charge is 0.389 e. The molecule has 2 heterocycles. The first-order valence-electron chi connectivity index (χ1n) is 15.2. The summed E-state index contributed by atoms with van der Waals surface area (Å²) in [5.74, 6) is 0.710. The van der Waals surface area contributed by atoms with Crippen molar-refractivity contribution in [3.63, 3.8) is 0 Å². The van der Waals surface area contributed by atoms with Crippen molar-refractivity contribution in [2.24, 2.45) is 0 Å². The number of H-pyrrole nitrogens is 1. The Hall–Kier alpha value is -3.44. The van der Waals surface area contributed by atoms with Crippen LogP contribution in [0.15, 0.2) is 101 Å². The highest BCUT2D eigenvalue weighted by molar-refractivity contribution is 8.55. The molecule has 1 N–H and O–H groups in total. The van der Waals surface area contributed by atoms with Crippen LogP contribution >= 0.6 is 18.2 Å².